The maximum Gasteiger partial charge on any atom is -0.0635 e. The van der Waals surface area contributed by atoms with Crippen molar-refractivity contribution in [3.63, 3.8) is 0 Å². The van der Waals surface area contributed by atoms with Gasteiger partial charge in [-0.15, -0.1) is 23.8 Å². The fraction of sp³-hybridized carbons (Fsp3) is 0.244. The molecular weight excluding hydrogens is 703 g/mol. The van der Waals surface area contributed by atoms with E-state index in [2.05, 4.69) is 166 Å². The summed E-state index contributed by atoms with van der Waals surface area (Å²) in [6.45, 7) is 25.4. The van der Waals surface area contributed by atoms with Crippen LogP contribution in [0.2, 0.25) is 0 Å². The number of hydrogen-bond acceptors (Lipinski definition) is 0. The Morgan fingerprint density at radius 1 is 0.708 bits per heavy atom. The molecule has 0 nitrogen and oxygen atoms in total. The van der Waals surface area contributed by atoms with Crippen LogP contribution in [-0.4, -0.2) is 3.21 Å². The Labute approximate surface area is 317 Å². The van der Waals surface area contributed by atoms with Gasteiger partial charge in [-0.25, -0.2) is 11.6 Å². The number of rotatable bonds is 4. The van der Waals surface area contributed by atoms with Crippen LogP contribution in [0.5, 0.6) is 0 Å². The van der Waals surface area contributed by atoms with Gasteiger partial charge in [0.15, 0.2) is 0 Å². The third-order valence-electron chi connectivity index (χ3n) is 8.46. The molecule has 48 heavy (non-hydrogen) atoms. The van der Waals surface area contributed by atoms with Crippen LogP contribution in [0.4, 0.5) is 0 Å². The second-order valence-corrected chi connectivity index (χ2v) is 15.6. The summed E-state index contributed by atoms with van der Waals surface area (Å²) in [6.07, 6.45) is 4.74. The van der Waals surface area contributed by atoms with Gasteiger partial charge in [-0.2, -0.15) is 41.5 Å². The number of hydrogen-bond donors (Lipinski definition) is 0. The molecule has 3 heteroatoms. The summed E-state index contributed by atoms with van der Waals surface area (Å²) in [7, 11) is 0. The van der Waals surface area contributed by atoms with Crippen LogP contribution in [0.25, 0.3) is 23.3 Å². The van der Waals surface area contributed by atoms with Crippen molar-refractivity contribution in [3.05, 3.63) is 172 Å². The largest absolute Gasteiger partial charge is 1.00 e. The van der Waals surface area contributed by atoms with Gasteiger partial charge >= 0.3 is 151 Å². The van der Waals surface area contributed by atoms with Crippen molar-refractivity contribution in [2.75, 3.05) is 0 Å². The minimum Gasteiger partial charge on any atom is -1.00 e. The molecule has 0 saturated carbocycles. The second-order valence-electron chi connectivity index (χ2n) is 14.3. The molecule has 0 radical (unpaired) electrons. The first-order valence-corrected chi connectivity index (χ1v) is 17.4. The molecule has 6 rings (SSSR count). The van der Waals surface area contributed by atoms with Crippen molar-refractivity contribution < 1.29 is 49.0 Å². The molecule has 0 bridgehead atoms. The summed E-state index contributed by atoms with van der Waals surface area (Å²) in [5, 5.41) is 0. The van der Waals surface area contributed by atoms with E-state index in [9.17, 15) is 0 Å². The zero-order valence-corrected chi connectivity index (χ0v) is 33.7. The topological polar surface area (TPSA) is 0 Å². The van der Waals surface area contributed by atoms with Crippen molar-refractivity contribution in [2.24, 2.45) is 0 Å². The summed E-state index contributed by atoms with van der Waals surface area (Å²) in [4.78, 5) is 0. The van der Waals surface area contributed by atoms with Crippen molar-refractivity contribution in [2.45, 2.75) is 72.6 Å². The fourth-order valence-electron chi connectivity index (χ4n) is 5.52. The zero-order valence-electron chi connectivity index (χ0n) is 29.8. The van der Waals surface area contributed by atoms with E-state index in [1.54, 1.807) is 0 Å². The van der Waals surface area contributed by atoms with Crippen LogP contribution in [0, 0.1) is 19.9 Å². The van der Waals surface area contributed by atoms with Crippen molar-refractivity contribution in [3.8, 4) is 11.1 Å². The minimum atomic E-state index is 0. The molecule has 0 heterocycles. The van der Waals surface area contributed by atoms with Gasteiger partial charge in [0.25, 0.3) is 0 Å². The first-order valence-electron chi connectivity index (χ1n) is 16.1. The van der Waals surface area contributed by atoms with Crippen LogP contribution < -0.4 is 24.8 Å². The normalized spacial score (nSPS) is 11.2. The Bertz CT molecular complexity index is 1690. The molecule has 0 spiro atoms. The van der Waals surface area contributed by atoms with Gasteiger partial charge in [-0.3, -0.25) is 0 Å². The van der Waals surface area contributed by atoms with Gasteiger partial charge in [0.05, 0.1) is 0 Å². The Balaban J connectivity index is 0.000000272. The molecule has 0 aromatic heterocycles. The average Bonchev–Trinajstić information content (AvgIpc) is 3.60. The van der Waals surface area contributed by atoms with Gasteiger partial charge in [0.2, 0.25) is 0 Å². The summed E-state index contributed by atoms with van der Waals surface area (Å²) < 4.78 is 1.42. The van der Waals surface area contributed by atoms with Gasteiger partial charge in [0.1, 0.15) is 0 Å². The van der Waals surface area contributed by atoms with E-state index in [0.717, 1.165) is 12.0 Å². The predicted octanol–water partition coefficient (Wildman–Crippen LogP) is 5.77. The molecule has 5 aromatic rings. The van der Waals surface area contributed by atoms with Crippen molar-refractivity contribution in [1.29, 1.82) is 0 Å². The van der Waals surface area contributed by atoms with E-state index in [1.165, 1.54) is 88.6 Å². The summed E-state index contributed by atoms with van der Waals surface area (Å²) in [5.74, 6) is 0. The molecule has 0 unspecified atom stereocenters. The van der Waals surface area contributed by atoms with E-state index in [1.807, 2.05) is 18.2 Å². The Hall–Kier alpha value is -2.96. The summed E-state index contributed by atoms with van der Waals surface area (Å²) in [6, 6.07) is 38.6. The molecule has 0 fully saturated rings. The Morgan fingerprint density at radius 2 is 1.21 bits per heavy atom. The molecular formula is C45H48Cl2Zr-2. The van der Waals surface area contributed by atoms with E-state index in [-0.39, 0.29) is 35.6 Å². The molecule has 0 N–H and O–H groups in total. The SMILES string of the molecule is C=Cc1c[c-]c2c(c1)-c1cc(C=C)ccc1C2.CC(C)(C)c1ccc([C](=[Zr+2])c2ccc(C(C)(C)C)cc2)cc1.Cc1c[cH-]c(C)c1.[Cl-].[Cl-]. The Morgan fingerprint density at radius 3 is 1.60 bits per heavy atom. The number of benzene rings is 4. The third kappa shape index (κ3) is 10.8. The van der Waals surface area contributed by atoms with Gasteiger partial charge in [-0.1, -0.05) is 55.8 Å². The maximum absolute atomic E-state index is 3.82. The van der Waals surface area contributed by atoms with Crippen LogP contribution in [0.15, 0.2) is 110 Å². The Kier molecular flexibility index (Phi) is 15.1. The van der Waals surface area contributed by atoms with E-state index >= 15 is 0 Å². The predicted molar refractivity (Wildman–Crippen MR) is 199 cm³/mol. The van der Waals surface area contributed by atoms with Gasteiger partial charge < -0.3 is 24.8 Å². The van der Waals surface area contributed by atoms with Crippen molar-refractivity contribution in [1.82, 2.24) is 0 Å². The van der Waals surface area contributed by atoms with Crippen LogP contribution >= 0.6 is 0 Å². The molecule has 0 atom stereocenters. The molecule has 248 valence electrons. The molecule has 0 saturated heterocycles. The van der Waals surface area contributed by atoms with E-state index in [4.69, 9.17) is 0 Å². The quantitative estimate of drug-likeness (QED) is 0.201. The van der Waals surface area contributed by atoms with E-state index in [0.29, 0.717) is 0 Å². The zero-order chi connectivity index (χ0) is 33.6. The van der Waals surface area contributed by atoms with E-state index < -0.39 is 0 Å². The smallest absolute Gasteiger partial charge is 0.0635 e. The van der Waals surface area contributed by atoms with Crippen LogP contribution in [0.1, 0.15) is 97.2 Å². The molecule has 5 aromatic carbocycles. The van der Waals surface area contributed by atoms with Crippen LogP contribution in [0.3, 0.4) is 0 Å². The van der Waals surface area contributed by atoms with Gasteiger partial charge in [0, 0.05) is 0 Å². The molecule has 0 aliphatic heterocycles. The van der Waals surface area contributed by atoms with Gasteiger partial charge in [-0.05, 0) is 12.0 Å². The molecule has 1 aliphatic carbocycles. The first-order chi connectivity index (χ1) is 21.7. The summed E-state index contributed by atoms with van der Waals surface area (Å²) in [5.41, 5.74) is 16.2. The minimum absolute atomic E-state index is 0. The summed E-state index contributed by atoms with van der Waals surface area (Å²) >= 11 is 1.46. The number of fused-ring (bicyclic) bond motifs is 3. The third-order valence-corrected chi connectivity index (χ3v) is 9.87. The standard InChI is InChI=1S/C21H26.C17H13.C7H9.2ClH.Zr/c1-20(2,3)18-11-7-16(8-12-18)15-17-9-13-19(14-10-17)21(4,5)6;1-3-12-5-7-14-11-15-8-6-13(4-2)10-17(15)16(14)9-12;1-6-3-4-7(2)5-6;;;/h7-14H,1-6H3;3-7,9-10H,1-2,11H2;3-5H,1-2H3;2*1H;/q;2*-1;;;+2/p-2. The number of halogens is 2. The number of aryl methyl sites for hydroxylation is 2. The molecule has 1 aliphatic rings. The molecule has 0 amide bonds. The van der Waals surface area contributed by atoms with Crippen molar-refractivity contribution >= 4 is 15.4 Å². The maximum atomic E-state index is 3.82. The monoisotopic (exact) mass is 748 g/mol. The fourth-order valence-corrected chi connectivity index (χ4v) is 6.34. The second kappa shape index (κ2) is 17.6. The van der Waals surface area contributed by atoms with Crippen LogP contribution in [-0.2, 0) is 41.5 Å². The first kappa shape index (κ1) is 41.2. The average molecular weight is 751 g/mol.